The first-order chi connectivity index (χ1) is 17.5. The lowest BCUT2D eigenvalue weighted by Gasteiger charge is -2.14. The van der Waals surface area contributed by atoms with Gasteiger partial charge in [0.25, 0.3) is 5.91 Å². The Hall–Kier alpha value is -4.30. The van der Waals surface area contributed by atoms with E-state index in [2.05, 4.69) is 29.4 Å². The predicted octanol–water partition coefficient (Wildman–Crippen LogP) is 5.02. The summed E-state index contributed by atoms with van der Waals surface area (Å²) in [7, 11) is 0. The zero-order valence-electron chi connectivity index (χ0n) is 19.6. The van der Waals surface area contributed by atoms with Crippen LogP contribution in [-0.2, 0) is 27.3 Å². The highest BCUT2D eigenvalue weighted by Crippen LogP contribution is 2.25. The summed E-state index contributed by atoms with van der Waals surface area (Å²) >= 11 is 1.31. The molecule has 7 nitrogen and oxygen atoms in total. The summed E-state index contributed by atoms with van der Waals surface area (Å²) in [6.45, 7) is 1.53. The number of thiazole rings is 1. The predicted molar refractivity (Wildman–Crippen MR) is 142 cm³/mol. The average molecular weight is 498 g/mol. The van der Waals surface area contributed by atoms with Crippen molar-refractivity contribution >= 4 is 50.2 Å². The van der Waals surface area contributed by atoms with Gasteiger partial charge in [0.05, 0.1) is 16.7 Å². The number of fused-ring (bicyclic) bond motifs is 2. The van der Waals surface area contributed by atoms with Gasteiger partial charge in [0, 0.05) is 21.7 Å². The molecule has 5 rings (SSSR count). The average Bonchev–Trinajstić information content (AvgIpc) is 3.38. The Balaban J connectivity index is 1.25. The van der Waals surface area contributed by atoms with Crippen LogP contribution in [0, 0.1) is 0 Å². The molecule has 0 saturated heterocycles. The first kappa shape index (κ1) is 23.4. The molecule has 0 atom stereocenters. The summed E-state index contributed by atoms with van der Waals surface area (Å²) in [5, 5.41) is 6.03. The van der Waals surface area contributed by atoms with Crippen molar-refractivity contribution in [3.8, 4) is 11.3 Å². The second-order valence-corrected chi connectivity index (χ2v) is 9.10. The van der Waals surface area contributed by atoms with Crippen LogP contribution >= 0.6 is 11.3 Å². The number of anilines is 1. The molecule has 0 aliphatic rings. The van der Waals surface area contributed by atoms with Gasteiger partial charge < -0.3 is 9.30 Å². The highest BCUT2D eigenvalue weighted by Gasteiger charge is 2.15. The Labute approximate surface area is 211 Å². The first-order valence-corrected chi connectivity index (χ1v) is 12.4. The summed E-state index contributed by atoms with van der Waals surface area (Å²) in [5.41, 5.74) is 4.15. The van der Waals surface area contributed by atoms with Crippen LogP contribution in [0.4, 0.5) is 5.13 Å². The van der Waals surface area contributed by atoms with Crippen LogP contribution in [0.3, 0.4) is 0 Å². The van der Waals surface area contributed by atoms with Crippen molar-refractivity contribution in [2.45, 2.75) is 19.9 Å². The van der Waals surface area contributed by atoms with Gasteiger partial charge in [-0.2, -0.15) is 0 Å². The molecule has 0 fully saturated rings. The van der Waals surface area contributed by atoms with Crippen molar-refractivity contribution < 1.29 is 14.3 Å². The second-order valence-electron chi connectivity index (χ2n) is 8.25. The summed E-state index contributed by atoms with van der Waals surface area (Å²) in [5.74, 6) is -1.06. The quantitative estimate of drug-likeness (QED) is 0.252. The summed E-state index contributed by atoms with van der Waals surface area (Å²) in [4.78, 5) is 42.4. The van der Waals surface area contributed by atoms with Crippen molar-refractivity contribution in [3.05, 3.63) is 94.0 Å². The molecule has 2 heterocycles. The summed E-state index contributed by atoms with van der Waals surface area (Å²) in [6, 6.07) is 22.4. The number of rotatable bonds is 7. The fourth-order valence-electron chi connectivity index (χ4n) is 4.10. The third-order valence-corrected chi connectivity index (χ3v) is 6.70. The van der Waals surface area contributed by atoms with E-state index in [4.69, 9.17) is 4.74 Å². The van der Waals surface area contributed by atoms with E-state index in [9.17, 15) is 14.4 Å². The monoisotopic (exact) mass is 497 g/mol. The normalized spacial score (nSPS) is 11.0. The molecule has 8 heteroatoms. The smallest absolute Gasteiger partial charge is 0.326 e. The molecule has 180 valence electrons. The van der Waals surface area contributed by atoms with Crippen molar-refractivity contribution in [1.82, 2.24) is 9.55 Å². The maximum absolute atomic E-state index is 12.8. The maximum atomic E-state index is 12.8. The van der Waals surface area contributed by atoms with Gasteiger partial charge in [-0.1, -0.05) is 55.5 Å². The number of carbonyl (C=O) groups excluding carboxylic acids is 2. The van der Waals surface area contributed by atoms with Gasteiger partial charge in [0.2, 0.25) is 0 Å². The van der Waals surface area contributed by atoms with Crippen LogP contribution in [0.1, 0.15) is 12.5 Å². The van der Waals surface area contributed by atoms with E-state index in [-0.39, 0.29) is 12.0 Å². The van der Waals surface area contributed by atoms with E-state index in [1.807, 2.05) is 29.6 Å². The molecule has 0 saturated carbocycles. The fraction of sp³-hybridized carbons (Fsp3) is 0.143. The second kappa shape index (κ2) is 10.1. The van der Waals surface area contributed by atoms with Gasteiger partial charge in [0.15, 0.2) is 17.2 Å². The molecular weight excluding hydrogens is 474 g/mol. The lowest BCUT2D eigenvalue weighted by molar-refractivity contribution is -0.147. The number of para-hydroxylation sites is 2. The van der Waals surface area contributed by atoms with Crippen molar-refractivity contribution in [2.24, 2.45) is 0 Å². The zero-order valence-corrected chi connectivity index (χ0v) is 20.4. The molecule has 0 radical (unpaired) electrons. The highest BCUT2D eigenvalue weighted by atomic mass is 32.1. The summed E-state index contributed by atoms with van der Waals surface area (Å²) < 4.78 is 6.99. The lowest BCUT2D eigenvalue weighted by Crippen LogP contribution is -2.24. The number of pyridine rings is 1. The molecule has 0 aliphatic heterocycles. The van der Waals surface area contributed by atoms with Crippen molar-refractivity contribution in [2.75, 3.05) is 11.9 Å². The highest BCUT2D eigenvalue weighted by molar-refractivity contribution is 7.14. The number of benzene rings is 3. The Bertz CT molecular complexity index is 1580. The van der Waals surface area contributed by atoms with Crippen molar-refractivity contribution in [3.63, 3.8) is 0 Å². The van der Waals surface area contributed by atoms with E-state index in [1.54, 1.807) is 41.0 Å². The topological polar surface area (TPSA) is 90.3 Å². The maximum Gasteiger partial charge on any atom is 0.326 e. The van der Waals surface area contributed by atoms with Crippen LogP contribution in [0.15, 0.2) is 83.0 Å². The van der Waals surface area contributed by atoms with Crippen LogP contribution < -0.4 is 10.7 Å². The number of hydrogen-bond acceptors (Lipinski definition) is 6. The van der Waals surface area contributed by atoms with Gasteiger partial charge in [-0.15, -0.1) is 11.3 Å². The number of hydrogen-bond donors (Lipinski definition) is 1. The van der Waals surface area contributed by atoms with Crippen LogP contribution in [0.2, 0.25) is 0 Å². The van der Waals surface area contributed by atoms with Crippen molar-refractivity contribution in [1.29, 1.82) is 0 Å². The van der Waals surface area contributed by atoms with E-state index >= 15 is 0 Å². The number of nitrogens with zero attached hydrogens (tertiary/aromatic N) is 2. The fourth-order valence-corrected chi connectivity index (χ4v) is 4.83. The Kier molecular flexibility index (Phi) is 6.60. The van der Waals surface area contributed by atoms with E-state index in [0.717, 1.165) is 17.7 Å². The number of esters is 1. The van der Waals surface area contributed by atoms with Gasteiger partial charge in [-0.05, 0) is 36.2 Å². The zero-order chi connectivity index (χ0) is 25.1. The van der Waals surface area contributed by atoms with Crippen LogP contribution in [0.25, 0.3) is 33.1 Å². The first-order valence-electron chi connectivity index (χ1n) is 11.5. The van der Waals surface area contributed by atoms with Gasteiger partial charge in [0.1, 0.15) is 6.54 Å². The van der Waals surface area contributed by atoms with E-state index in [0.29, 0.717) is 26.9 Å². The molecule has 0 aliphatic carbocycles. The number of carbonyl (C=O) groups is 2. The Morgan fingerprint density at radius 3 is 2.22 bits per heavy atom. The third kappa shape index (κ3) is 4.76. The standard InChI is InChI=1S/C28H23N3O4S/c1-2-18-11-13-19(14-12-18)22-17-36-28(29-22)30-25(32)16-35-26(33)15-31-23-9-5-3-7-20(23)27(34)21-8-4-6-10-24(21)31/h3-14,17H,2,15-16H2,1H3,(H,29,30,32). The van der Waals surface area contributed by atoms with Gasteiger partial charge in [-0.3, -0.25) is 19.7 Å². The van der Waals surface area contributed by atoms with E-state index in [1.165, 1.54) is 16.9 Å². The third-order valence-electron chi connectivity index (χ3n) is 5.94. The Morgan fingerprint density at radius 2 is 1.58 bits per heavy atom. The Morgan fingerprint density at radius 1 is 0.944 bits per heavy atom. The number of nitrogens with one attached hydrogen (secondary N) is 1. The molecule has 0 bridgehead atoms. The number of amides is 1. The molecule has 5 aromatic rings. The molecule has 1 amide bonds. The SMILES string of the molecule is CCc1ccc(-c2csc(NC(=O)COC(=O)Cn3c4ccccc4c(=O)c4ccccc43)n2)cc1. The summed E-state index contributed by atoms with van der Waals surface area (Å²) in [6.07, 6.45) is 0.965. The lowest BCUT2D eigenvalue weighted by atomic mass is 10.1. The molecule has 2 aromatic heterocycles. The van der Waals surface area contributed by atoms with Crippen LogP contribution in [-0.4, -0.2) is 28.0 Å². The van der Waals surface area contributed by atoms with Crippen LogP contribution in [0.5, 0.6) is 0 Å². The minimum absolute atomic E-state index is 0.0886. The number of ether oxygens (including phenoxy) is 1. The largest absolute Gasteiger partial charge is 0.454 e. The molecule has 36 heavy (non-hydrogen) atoms. The molecule has 1 N–H and O–H groups in total. The molecule has 0 unspecified atom stereocenters. The minimum Gasteiger partial charge on any atom is -0.454 e. The molecule has 0 spiro atoms. The van der Waals surface area contributed by atoms with E-state index < -0.39 is 18.5 Å². The molecular formula is C28H23N3O4S. The minimum atomic E-state index is -0.583. The molecule has 3 aromatic carbocycles. The number of aryl methyl sites for hydroxylation is 1. The number of aromatic nitrogens is 2. The van der Waals surface area contributed by atoms with Gasteiger partial charge in [-0.25, -0.2) is 4.98 Å². The van der Waals surface area contributed by atoms with Gasteiger partial charge >= 0.3 is 5.97 Å².